The number of carbonyl (C=O) groups excluding carboxylic acids is 1. The van der Waals surface area contributed by atoms with Gasteiger partial charge in [-0.05, 0) is 44.4 Å². The number of ether oxygens (including phenoxy) is 4. The fourth-order valence-corrected chi connectivity index (χ4v) is 6.45. The third-order valence-corrected chi connectivity index (χ3v) is 9.23. The first kappa shape index (κ1) is 33.6. The fraction of sp³-hybridized carbons (Fsp3) is 0.966. The van der Waals surface area contributed by atoms with Crippen molar-refractivity contribution in [3.63, 3.8) is 0 Å². The van der Waals surface area contributed by atoms with Crippen LogP contribution in [0.3, 0.4) is 0 Å². The van der Waals surface area contributed by atoms with Gasteiger partial charge >= 0.3 is 0 Å². The minimum absolute atomic E-state index is 0.0723. The van der Waals surface area contributed by atoms with Gasteiger partial charge in [0.15, 0.2) is 12.6 Å². The van der Waals surface area contributed by atoms with Gasteiger partial charge in [0, 0.05) is 11.8 Å². The van der Waals surface area contributed by atoms with Crippen LogP contribution < -0.4 is 5.32 Å². The van der Waals surface area contributed by atoms with E-state index in [0.717, 1.165) is 19.3 Å². The molecule has 3 rings (SSSR count). The second-order valence-electron chi connectivity index (χ2n) is 12.2. The van der Waals surface area contributed by atoms with Crippen molar-refractivity contribution in [1.82, 2.24) is 5.32 Å². The van der Waals surface area contributed by atoms with E-state index in [9.17, 15) is 30.3 Å². The summed E-state index contributed by atoms with van der Waals surface area (Å²) in [7, 11) is 0. The monoisotopic (exact) mass is 575 g/mol. The minimum Gasteiger partial charge on any atom is -0.394 e. The highest BCUT2D eigenvalue weighted by atomic mass is 16.7. The molecule has 234 valence electrons. The van der Waals surface area contributed by atoms with Crippen molar-refractivity contribution < 1.29 is 49.3 Å². The average Bonchev–Trinajstić information content (AvgIpc) is 2.93. The Labute approximate surface area is 238 Å². The van der Waals surface area contributed by atoms with Gasteiger partial charge in [-0.25, -0.2) is 0 Å². The van der Waals surface area contributed by atoms with Crippen molar-refractivity contribution in [2.75, 3.05) is 6.61 Å². The van der Waals surface area contributed by atoms with Crippen LogP contribution in [0.2, 0.25) is 0 Å². The second kappa shape index (κ2) is 14.5. The molecule has 3 aliphatic rings. The molecule has 2 heterocycles. The van der Waals surface area contributed by atoms with Crippen molar-refractivity contribution in [1.29, 1.82) is 0 Å². The number of hydrogen-bond acceptors (Lipinski definition) is 10. The van der Waals surface area contributed by atoms with E-state index < -0.39 is 79.3 Å². The van der Waals surface area contributed by atoms with Crippen molar-refractivity contribution >= 4 is 5.91 Å². The van der Waals surface area contributed by atoms with Crippen LogP contribution in [0.15, 0.2) is 0 Å². The number of nitrogens with one attached hydrogen (secondary N) is 1. The Balaban J connectivity index is 1.93. The summed E-state index contributed by atoms with van der Waals surface area (Å²) in [5, 5.41) is 56.7. The number of aliphatic hydroxyl groups is 5. The second-order valence-corrected chi connectivity index (χ2v) is 12.2. The first-order chi connectivity index (χ1) is 18.9. The van der Waals surface area contributed by atoms with E-state index in [-0.39, 0.29) is 30.8 Å². The predicted molar refractivity (Wildman–Crippen MR) is 146 cm³/mol. The summed E-state index contributed by atoms with van der Waals surface area (Å²) in [4.78, 5) is 12.9. The Kier molecular flexibility index (Phi) is 12.2. The van der Waals surface area contributed by atoms with Gasteiger partial charge in [-0.15, -0.1) is 0 Å². The summed E-state index contributed by atoms with van der Waals surface area (Å²) in [5.74, 6) is -1.35. The van der Waals surface area contributed by atoms with Crippen LogP contribution in [0, 0.1) is 17.8 Å². The number of amides is 1. The molecule has 0 aromatic rings. The third kappa shape index (κ3) is 7.18. The third-order valence-electron chi connectivity index (χ3n) is 9.23. The average molecular weight is 576 g/mol. The SMILES string of the molecule is CCC[C@H](O)C(=O)N[C@@H]1C[C@H](C)C(O[C@H]2O[C@H](CC)CCC2C)C(O)(CC)[C@H]1O[C@H]1OC(CO)[C@@H](O)[C@H](C)C1O. The summed E-state index contributed by atoms with van der Waals surface area (Å²) in [6.45, 7) is 10.9. The largest absolute Gasteiger partial charge is 0.394 e. The molecule has 6 N–H and O–H groups in total. The van der Waals surface area contributed by atoms with Crippen LogP contribution in [0.5, 0.6) is 0 Å². The van der Waals surface area contributed by atoms with Gasteiger partial charge in [0.05, 0.1) is 31.0 Å². The van der Waals surface area contributed by atoms with E-state index in [0.29, 0.717) is 12.8 Å². The van der Waals surface area contributed by atoms with E-state index in [1.807, 2.05) is 13.8 Å². The molecule has 40 heavy (non-hydrogen) atoms. The lowest BCUT2D eigenvalue weighted by Gasteiger charge is -2.54. The zero-order valence-corrected chi connectivity index (χ0v) is 24.9. The molecule has 3 fully saturated rings. The van der Waals surface area contributed by atoms with Crippen LogP contribution >= 0.6 is 0 Å². The summed E-state index contributed by atoms with van der Waals surface area (Å²) in [6, 6.07) is -0.738. The van der Waals surface area contributed by atoms with Gasteiger partial charge in [-0.3, -0.25) is 4.79 Å². The van der Waals surface area contributed by atoms with E-state index in [4.69, 9.17) is 18.9 Å². The molecule has 2 saturated heterocycles. The number of carbonyl (C=O) groups is 1. The van der Waals surface area contributed by atoms with Crippen LogP contribution in [-0.4, -0.2) is 105 Å². The maximum absolute atomic E-state index is 12.9. The van der Waals surface area contributed by atoms with Gasteiger partial charge in [0.1, 0.15) is 30.0 Å². The van der Waals surface area contributed by atoms with Crippen LogP contribution in [0.1, 0.15) is 86.5 Å². The first-order valence-electron chi connectivity index (χ1n) is 15.2. The summed E-state index contributed by atoms with van der Waals surface area (Å²) >= 11 is 0. The van der Waals surface area contributed by atoms with Crippen molar-refractivity contribution in [2.45, 2.75) is 153 Å². The zero-order valence-electron chi connectivity index (χ0n) is 24.9. The lowest BCUT2D eigenvalue weighted by atomic mass is 9.69. The predicted octanol–water partition coefficient (Wildman–Crippen LogP) is 1.21. The maximum Gasteiger partial charge on any atom is 0.249 e. The molecule has 5 unspecified atom stereocenters. The molecule has 11 heteroatoms. The van der Waals surface area contributed by atoms with Crippen LogP contribution in [0.25, 0.3) is 0 Å². The van der Waals surface area contributed by atoms with E-state index in [2.05, 4.69) is 19.2 Å². The van der Waals surface area contributed by atoms with Crippen LogP contribution in [0.4, 0.5) is 0 Å². The molecular weight excluding hydrogens is 522 g/mol. The van der Waals surface area contributed by atoms with Gasteiger partial charge in [-0.1, -0.05) is 48.0 Å². The molecule has 0 aromatic carbocycles. The molecule has 2 aliphatic heterocycles. The summed E-state index contributed by atoms with van der Waals surface area (Å²) in [6.07, 6.45) is -3.92. The quantitative estimate of drug-likeness (QED) is 0.211. The van der Waals surface area contributed by atoms with Crippen molar-refractivity contribution in [3.05, 3.63) is 0 Å². The molecule has 1 amide bonds. The Bertz CT molecular complexity index is 801. The Hall–Kier alpha value is -0.890. The van der Waals surface area contributed by atoms with Gasteiger partial charge in [0.25, 0.3) is 0 Å². The van der Waals surface area contributed by atoms with Gasteiger partial charge in [-0.2, -0.15) is 0 Å². The topological polar surface area (TPSA) is 167 Å². The number of rotatable bonds is 11. The van der Waals surface area contributed by atoms with E-state index >= 15 is 0 Å². The van der Waals surface area contributed by atoms with Gasteiger partial charge in [0.2, 0.25) is 5.91 Å². The molecule has 1 saturated carbocycles. The Morgan fingerprint density at radius 1 is 1.00 bits per heavy atom. The first-order valence-corrected chi connectivity index (χ1v) is 15.2. The number of aliphatic hydroxyl groups excluding tert-OH is 4. The van der Waals surface area contributed by atoms with Crippen molar-refractivity contribution in [3.8, 4) is 0 Å². The highest BCUT2D eigenvalue weighted by Crippen LogP contribution is 2.43. The lowest BCUT2D eigenvalue weighted by molar-refractivity contribution is -0.344. The molecule has 14 atom stereocenters. The highest BCUT2D eigenvalue weighted by molar-refractivity contribution is 5.80. The normalized spacial score (nSPS) is 45.2. The molecule has 0 radical (unpaired) electrons. The molecule has 0 aromatic heterocycles. The molecule has 0 bridgehead atoms. The Morgan fingerprint density at radius 3 is 2.27 bits per heavy atom. The molecular formula is C29H53NO10. The molecule has 0 spiro atoms. The van der Waals surface area contributed by atoms with E-state index in [1.165, 1.54) is 0 Å². The Morgan fingerprint density at radius 2 is 1.68 bits per heavy atom. The minimum atomic E-state index is -1.63. The summed E-state index contributed by atoms with van der Waals surface area (Å²) < 4.78 is 24.9. The molecule has 1 aliphatic carbocycles. The fourth-order valence-electron chi connectivity index (χ4n) is 6.45. The maximum atomic E-state index is 12.9. The standard InChI is InChI=1S/C29H53NO10/c1-7-10-20(32)26(35)30-19-13-16(5)24(39-27-15(4)11-12-18(8-2)37-27)29(36,9-3)25(19)40-28-23(34)17(6)22(33)21(14-31)38-28/h15-25,27-28,31-34,36H,7-14H2,1-6H3,(H,30,35)/t15?,16-,17-,18+,19+,20-,21?,22-,23?,24?,25-,27+,28+,29?/m0/s1. The summed E-state index contributed by atoms with van der Waals surface area (Å²) in [5.41, 5.74) is -1.63. The zero-order chi connectivity index (χ0) is 29.8. The highest BCUT2D eigenvalue weighted by Gasteiger charge is 2.57. The van der Waals surface area contributed by atoms with Crippen molar-refractivity contribution in [2.24, 2.45) is 17.8 Å². The lowest BCUT2D eigenvalue weighted by Crippen LogP contribution is -2.70. The van der Waals surface area contributed by atoms with E-state index in [1.54, 1.807) is 13.8 Å². The number of hydrogen-bond donors (Lipinski definition) is 6. The molecule has 11 nitrogen and oxygen atoms in total. The van der Waals surface area contributed by atoms with Gasteiger partial charge < -0.3 is 49.8 Å². The van der Waals surface area contributed by atoms with Crippen LogP contribution in [-0.2, 0) is 23.7 Å². The smallest absolute Gasteiger partial charge is 0.249 e.